The second-order valence-corrected chi connectivity index (χ2v) is 6.23. The van der Waals surface area contributed by atoms with Gasteiger partial charge in [-0.15, -0.1) is 0 Å². The average Bonchev–Trinajstić information content (AvgIpc) is 3.12. The molecule has 0 bridgehead atoms. The molecule has 0 radical (unpaired) electrons. The van der Waals surface area contributed by atoms with Crippen molar-refractivity contribution in [2.45, 2.75) is 19.1 Å². The molecule has 1 aliphatic rings. The number of benzene rings is 1. The molecular formula is C21H16F2N2O2. The summed E-state index contributed by atoms with van der Waals surface area (Å²) >= 11 is 0. The number of rotatable bonds is 5. The molecule has 1 atom stereocenters. The minimum Gasteiger partial charge on any atom is -0.366 e. The number of ketones is 1. The third-order valence-electron chi connectivity index (χ3n) is 4.49. The van der Waals surface area contributed by atoms with Gasteiger partial charge < -0.3 is 9.72 Å². The number of aromatic nitrogens is 2. The predicted octanol–water partition coefficient (Wildman–Crippen LogP) is 4.81. The van der Waals surface area contributed by atoms with Crippen LogP contribution in [0.5, 0.6) is 0 Å². The molecule has 4 nitrogen and oxygen atoms in total. The van der Waals surface area contributed by atoms with Crippen molar-refractivity contribution in [3.8, 4) is 0 Å². The second-order valence-electron chi connectivity index (χ2n) is 6.23. The van der Waals surface area contributed by atoms with Gasteiger partial charge in [0.2, 0.25) is 5.78 Å². The molecular weight excluding hydrogens is 350 g/mol. The van der Waals surface area contributed by atoms with E-state index in [4.69, 9.17) is 4.74 Å². The highest BCUT2D eigenvalue weighted by Crippen LogP contribution is 2.33. The number of ether oxygens (including phenoxy) is 1. The summed E-state index contributed by atoms with van der Waals surface area (Å²) in [7, 11) is 0. The van der Waals surface area contributed by atoms with Crippen LogP contribution in [0.1, 0.15) is 22.3 Å². The van der Waals surface area contributed by atoms with Gasteiger partial charge in [-0.3, -0.25) is 4.79 Å². The SMILES string of the molecule is O=C(C1=C(F)C(OCc2ccccc2)CC=C1F)c1c[nH]c2ncccc12. The fourth-order valence-corrected chi connectivity index (χ4v) is 3.10. The van der Waals surface area contributed by atoms with Crippen LogP contribution in [0.25, 0.3) is 11.0 Å². The lowest BCUT2D eigenvalue weighted by atomic mass is 9.95. The van der Waals surface area contributed by atoms with Crippen molar-refractivity contribution >= 4 is 16.8 Å². The molecule has 6 heteroatoms. The van der Waals surface area contributed by atoms with Crippen molar-refractivity contribution < 1.29 is 18.3 Å². The molecule has 1 aromatic carbocycles. The lowest BCUT2D eigenvalue weighted by Gasteiger charge is -2.21. The number of nitrogens with zero attached hydrogens (tertiary/aromatic N) is 1. The molecule has 0 saturated carbocycles. The first-order chi connectivity index (χ1) is 13.1. The van der Waals surface area contributed by atoms with Crippen molar-refractivity contribution in [3.05, 3.63) is 89.3 Å². The third kappa shape index (κ3) is 3.31. The minimum atomic E-state index is -0.994. The van der Waals surface area contributed by atoms with Crippen LogP contribution < -0.4 is 0 Å². The van der Waals surface area contributed by atoms with Crippen molar-refractivity contribution in [2.75, 3.05) is 0 Å². The van der Waals surface area contributed by atoms with Crippen LogP contribution in [0, 0.1) is 0 Å². The number of halogens is 2. The quantitative estimate of drug-likeness (QED) is 0.659. The number of hydrogen-bond donors (Lipinski definition) is 1. The Morgan fingerprint density at radius 1 is 1.19 bits per heavy atom. The summed E-state index contributed by atoms with van der Waals surface area (Å²) in [6.45, 7) is 0.173. The summed E-state index contributed by atoms with van der Waals surface area (Å²) in [6, 6.07) is 12.6. The maximum absolute atomic E-state index is 14.9. The molecule has 0 saturated heterocycles. The Morgan fingerprint density at radius 3 is 2.81 bits per heavy atom. The molecule has 3 aromatic rings. The molecule has 1 N–H and O–H groups in total. The zero-order chi connectivity index (χ0) is 18.8. The van der Waals surface area contributed by atoms with Crippen molar-refractivity contribution in [1.29, 1.82) is 0 Å². The van der Waals surface area contributed by atoms with Gasteiger partial charge in [-0.1, -0.05) is 30.3 Å². The first-order valence-electron chi connectivity index (χ1n) is 8.53. The Labute approximate surface area is 154 Å². The van der Waals surface area contributed by atoms with Gasteiger partial charge in [0.15, 0.2) is 0 Å². The Bertz CT molecular complexity index is 1050. The second kappa shape index (κ2) is 7.25. The Balaban J connectivity index is 1.62. The summed E-state index contributed by atoms with van der Waals surface area (Å²) < 4.78 is 34.9. The lowest BCUT2D eigenvalue weighted by molar-refractivity contribution is 0.0486. The van der Waals surface area contributed by atoms with Gasteiger partial charge in [0.05, 0.1) is 12.2 Å². The molecule has 0 fully saturated rings. The number of aromatic amines is 1. The van der Waals surface area contributed by atoms with Gasteiger partial charge in [-0.2, -0.15) is 0 Å². The normalized spacial score (nSPS) is 17.3. The first-order valence-corrected chi connectivity index (χ1v) is 8.53. The summed E-state index contributed by atoms with van der Waals surface area (Å²) in [4.78, 5) is 19.8. The van der Waals surface area contributed by atoms with Crippen LogP contribution in [0.4, 0.5) is 8.78 Å². The van der Waals surface area contributed by atoms with Crippen molar-refractivity contribution in [3.63, 3.8) is 0 Å². The molecule has 2 heterocycles. The van der Waals surface area contributed by atoms with Crippen LogP contribution in [0.3, 0.4) is 0 Å². The highest BCUT2D eigenvalue weighted by molar-refractivity contribution is 6.17. The molecule has 1 unspecified atom stereocenters. The molecule has 136 valence electrons. The van der Waals surface area contributed by atoms with E-state index in [0.717, 1.165) is 5.56 Å². The standard InChI is InChI=1S/C21H16F2N2O2/c22-16-8-9-17(27-12-13-5-2-1-3-6-13)19(23)18(16)20(26)15-11-25-21-14(15)7-4-10-24-21/h1-8,10-11,17H,9,12H2,(H,24,25). The monoisotopic (exact) mass is 366 g/mol. The molecule has 0 amide bonds. The number of hydrogen-bond acceptors (Lipinski definition) is 3. The topological polar surface area (TPSA) is 55.0 Å². The zero-order valence-electron chi connectivity index (χ0n) is 14.3. The van der Waals surface area contributed by atoms with E-state index in [1.807, 2.05) is 30.3 Å². The summed E-state index contributed by atoms with van der Waals surface area (Å²) in [5.41, 5.74) is 0.953. The van der Waals surface area contributed by atoms with Crippen LogP contribution in [-0.4, -0.2) is 21.9 Å². The zero-order valence-corrected chi connectivity index (χ0v) is 14.3. The maximum atomic E-state index is 14.9. The number of allylic oxidation sites excluding steroid dienone is 2. The van der Waals surface area contributed by atoms with E-state index < -0.39 is 29.1 Å². The van der Waals surface area contributed by atoms with Gasteiger partial charge in [-0.25, -0.2) is 13.8 Å². The summed E-state index contributed by atoms with van der Waals surface area (Å²) in [5, 5.41) is 0.517. The van der Waals surface area contributed by atoms with Crippen molar-refractivity contribution in [1.82, 2.24) is 9.97 Å². The van der Waals surface area contributed by atoms with Crippen LogP contribution in [0.2, 0.25) is 0 Å². The first kappa shape index (κ1) is 17.3. The van der Waals surface area contributed by atoms with Gasteiger partial charge in [0.1, 0.15) is 23.4 Å². The number of carbonyl (C=O) groups is 1. The molecule has 0 spiro atoms. The number of H-pyrrole nitrogens is 1. The maximum Gasteiger partial charge on any atom is 0.200 e. The van der Waals surface area contributed by atoms with Crippen molar-refractivity contribution in [2.24, 2.45) is 0 Å². The number of fused-ring (bicyclic) bond motifs is 1. The van der Waals surface area contributed by atoms with Crippen LogP contribution in [0.15, 0.2) is 78.2 Å². The summed E-state index contributed by atoms with van der Waals surface area (Å²) in [6.07, 6.45) is 3.23. The van der Waals surface area contributed by atoms with Crippen LogP contribution >= 0.6 is 0 Å². The van der Waals surface area contributed by atoms with E-state index in [1.165, 1.54) is 12.3 Å². The molecule has 0 aliphatic heterocycles. The van der Waals surface area contributed by atoms with E-state index in [0.29, 0.717) is 11.0 Å². The highest BCUT2D eigenvalue weighted by Gasteiger charge is 2.32. The highest BCUT2D eigenvalue weighted by atomic mass is 19.1. The largest absolute Gasteiger partial charge is 0.366 e. The van der Waals surface area contributed by atoms with Gasteiger partial charge >= 0.3 is 0 Å². The Hall–Kier alpha value is -3.12. The number of nitrogens with one attached hydrogen (secondary N) is 1. The van der Waals surface area contributed by atoms with E-state index in [-0.39, 0.29) is 18.6 Å². The molecule has 1 aliphatic carbocycles. The van der Waals surface area contributed by atoms with Gasteiger partial charge in [0, 0.05) is 29.8 Å². The van der Waals surface area contributed by atoms with Gasteiger partial charge in [0.25, 0.3) is 0 Å². The third-order valence-corrected chi connectivity index (χ3v) is 4.49. The molecule has 4 rings (SSSR count). The Kier molecular flexibility index (Phi) is 4.64. The number of pyridine rings is 1. The molecule has 2 aromatic heterocycles. The molecule has 27 heavy (non-hydrogen) atoms. The lowest BCUT2D eigenvalue weighted by Crippen LogP contribution is -2.21. The minimum absolute atomic E-state index is 0.0384. The Morgan fingerprint density at radius 2 is 2.00 bits per heavy atom. The fourth-order valence-electron chi connectivity index (χ4n) is 3.10. The van der Waals surface area contributed by atoms with E-state index >= 15 is 0 Å². The fraction of sp³-hybridized carbons (Fsp3) is 0.143. The van der Waals surface area contributed by atoms with E-state index in [9.17, 15) is 13.6 Å². The van der Waals surface area contributed by atoms with Crippen LogP contribution in [-0.2, 0) is 11.3 Å². The smallest absolute Gasteiger partial charge is 0.200 e. The number of Topliss-reactive ketones (excluding diaryl/α,β-unsaturated/α-hetero) is 1. The van der Waals surface area contributed by atoms with Gasteiger partial charge in [-0.05, 0) is 23.8 Å². The van der Waals surface area contributed by atoms with E-state index in [2.05, 4.69) is 9.97 Å². The predicted molar refractivity (Wildman–Crippen MR) is 97.4 cm³/mol. The summed E-state index contributed by atoms with van der Waals surface area (Å²) in [5.74, 6) is -2.47. The van der Waals surface area contributed by atoms with E-state index in [1.54, 1.807) is 18.3 Å². The number of carbonyl (C=O) groups excluding carboxylic acids is 1. The average molecular weight is 366 g/mol.